The third kappa shape index (κ3) is 34.1. The molecule has 0 aromatic carbocycles. The van der Waals surface area contributed by atoms with Gasteiger partial charge in [0.1, 0.15) is 0 Å². The SMILES string of the molecule is NCCCCCCCCCCCCCCCCCCCCCCCCCCCCCCCP(=O)(O)O. The molecule has 0 heterocycles. The molecule has 218 valence electrons. The lowest BCUT2D eigenvalue weighted by molar-refractivity contribution is 0.370. The second-order valence-corrected chi connectivity index (χ2v) is 13.2. The van der Waals surface area contributed by atoms with E-state index < -0.39 is 7.60 Å². The summed E-state index contributed by atoms with van der Waals surface area (Å²) in [5, 5.41) is 0. The minimum absolute atomic E-state index is 0.0601. The summed E-state index contributed by atoms with van der Waals surface area (Å²) in [6.07, 6.45) is 39.2. The third-order valence-electron chi connectivity index (χ3n) is 7.65. The van der Waals surface area contributed by atoms with Gasteiger partial charge < -0.3 is 15.5 Å². The van der Waals surface area contributed by atoms with Crippen LogP contribution < -0.4 is 5.73 Å². The van der Waals surface area contributed by atoms with Crippen LogP contribution in [0, 0.1) is 0 Å². The van der Waals surface area contributed by atoms with E-state index >= 15 is 0 Å². The molecular weight excluding hydrogens is 465 g/mol. The lowest BCUT2D eigenvalue weighted by Crippen LogP contribution is -1.97. The average molecular weight is 532 g/mol. The van der Waals surface area contributed by atoms with Crippen LogP contribution in [0.5, 0.6) is 0 Å². The molecule has 36 heavy (non-hydrogen) atoms. The molecule has 0 amide bonds. The van der Waals surface area contributed by atoms with Crippen LogP contribution in [0.4, 0.5) is 0 Å². The summed E-state index contributed by atoms with van der Waals surface area (Å²) in [6.45, 7) is 0.862. The van der Waals surface area contributed by atoms with Gasteiger partial charge in [0.2, 0.25) is 0 Å². The van der Waals surface area contributed by atoms with Crippen LogP contribution in [-0.2, 0) is 4.57 Å². The lowest BCUT2D eigenvalue weighted by Gasteiger charge is -2.05. The van der Waals surface area contributed by atoms with Crippen molar-refractivity contribution < 1.29 is 14.4 Å². The van der Waals surface area contributed by atoms with E-state index in [9.17, 15) is 4.57 Å². The Morgan fingerprint density at radius 3 is 0.667 bits per heavy atom. The maximum Gasteiger partial charge on any atom is 0.325 e. The first kappa shape index (κ1) is 36.1. The van der Waals surface area contributed by atoms with E-state index in [4.69, 9.17) is 15.5 Å². The van der Waals surface area contributed by atoms with Gasteiger partial charge in [0.25, 0.3) is 0 Å². The molecule has 0 aliphatic rings. The maximum absolute atomic E-state index is 10.8. The molecule has 0 aliphatic carbocycles. The molecule has 0 spiro atoms. The van der Waals surface area contributed by atoms with Gasteiger partial charge in [-0.25, -0.2) is 0 Å². The lowest BCUT2D eigenvalue weighted by atomic mass is 10.0. The van der Waals surface area contributed by atoms with Crippen LogP contribution in [-0.4, -0.2) is 22.5 Å². The van der Waals surface area contributed by atoms with Crippen molar-refractivity contribution in [2.24, 2.45) is 5.73 Å². The highest BCUT2D eigenvalue weighted by atomic mass is 31.2. The summed E-state index contributed by atoms with van der Waals surface area (Å²) in [5.74, 6) is 0. The van der Waals surface area contributed by atoms with E-state index in [2.05, 4.69) is 0 Å². The van der Waals surface area contributed by atoms with Crippen molar-refractivity contribution in [1.82, 2.24) is 0 Å². The van der Waals surface area contributed by atoms with Crippen molar-refractivity contribution >= 4 is 7.60 Å². The molecule has 0 atom stereocenters. The van der Waals surface area contributed by atoms with Crippen LogP contribution in [0.15, 0.2) is 0 Å². The summed E-state index contributed by atoms with van der Waals surface area (Å²) in [6, 6.07) is 0. The van der Waals surface area contributed by atoms with Gasteiger partial charge in [-0.1, -0.05) is 173 Å². The van der Waals surface area contributed by atoms with E-state index in [1.165, 1.54) is 167 Å². The van der Waals surface area contributed by atoms with Crippen molar-refractivity contribution in [1.29, 1.82) is 0 Å². The zero-order chi connectivity index (χ0) is 26.4. The molecular formula is C31H66NO3P. The Morgan fingerprint density at radius 1 is 0.333 bits per heavy atom. The Bertz CT molecular complexity index is 455. The van der Waals surface area contributed by atoms with E-state index in [1.54, 1.807) is 0 Å². The van der Waals surface area contributed by atoms with Crippen molar-refractivity contribution in [2.45, 2.75) is 186 Å². The fraction of sp³-hybridized carbons (Fsp3) is 1.00. The molecule has 0 aromatic heterocycles. The highest BCUT2D eigenvalue weighted by Gasteiger charge is 2.10. The van der Waals surface area contributed by atoms with E-state index in [-0.39, 0.29) is 6.16 Å². The topological polar surface area (TPSA) is 83.6 Å². The molecule has 5 heteroatoms. The summed E-state index contributed by atoms with van der Waals surface area (Å²) < 4.78 is 10.8. The summed E-state index contributed by atoms with van der Waals surface area (Å²) in [7, 11) is -3.77. The number of unbranched alkanes of at least 4 members (excludes halogenated alkanes) is 28. The van der Waals surface area contributed by atoms with Crippen molar-refractivity contribution in [2.75, 3.05) is 12.7 Å². The molecule has 0 saturated heterocycles. The second-order valence-electron chi connectivity index (χ2n) is 11.4. The zero-order valence-corrected chi connectivity index (χ0v) is 25.1. The Labute approximate surface area is 226 Å². The zero-order valence-electron chi connectivity index (χ0n) is 24.2. The minimum atomic E-state index is -3.77. The smallest absolute Gasteiger partial charge is 0.325 e. The summed E-state index contributed by atoms with van der Waals surface area (Å²) in [5.41, 5.74) is 5.53. The van der Waals surface area contributed by atoms with Gasteiger partial charge in [0, 0.05) is 6.16 Å². The molecule has 4 N–H and O–H groups in total. The first-order valence-electron chi connectivity index (χ1n) is 16.3. The van der Waals surface area contributed by atoms with E-state index in [1.807, 2.05) is 0 Å². The number of hydrogen-bond acceptors (Lipinski definition) is 2. The third-order valence-corrected chi connectivity index (χ3v) is 8.55. The summed E-state index contributed by atoms with van der Waals surface area (Å²) in [4.78, 5) is 17.7. The first-order valence-corrected chi connectivity index (χ1v) is 18.1. The monoisotopic (exact) mass is 531 g/mol. The molecule has 4 nitrogen and oxygen atoms in total. The van der Waals surface area contributed by atoms with Crippen LogP contribution in [0.25, 0.3) is 0 Å². The molecule has 0 unspecified atom stereocenters. The predicted octanol–water partition coefficient (Wildman–Crippen LogP) is 10.4. The summed E-state index contributed by atoms with van der Waals surface area (Å²) >= 11 is 0. The van der Waals surface area contributed by atoms with Crippen LogP contribution in [0.1, 0.15) is 186 Å². The van der Waals surface area contributed by atoms with Gasteiger partial charge in [0.15, 0.2) is 0 Å². The van der Waals surface area contributed by atoms with Crippen molar-refractivity contribution in [3.8, 4) is 0 Å². The van der Waals surface area contributed by atoms with Crippen LogP contribution in [0.3, 0.4) is 0 Å². The average Bonchev–Trinajstić information content (AvgIpc) is 2.84. The highest BCUT2D eigenvalue weighted by Crippen LogP contribution is 2.35. The van der Waals surface area contributed by atoms with E-state index in [0.717, 1.165) is 19.4 Å². The first-order chi connectivity index (χ1) is 17.6. The van der Waals surface area contributed by atoms with Gasteiger partial charge in [0.05, 0.1) is 0 Å². The Hall–Kier alpha value is 0.110. The van der Waals surface area contributed by atoms with Gasteiger partial charge >= 0.3 is 7.60 Å². The van der Waals surface area contributed by atoms with Gasteiger partial charge in [-0.2, -0.15) is 0 Å². The molecule has 0 saturated carbocycles. The Kier molecular flexibility index (Phi) is 29.8. The van der Waals surface area contributed by atoms with Gasteiger partial charge in [-0.3, -0.25) is 4.57 Å². The Balaban J connectivity index is 3.04. The molecule has 0 aliphatic heterocycles. The number of hydrogen-bond donors (Lipinski definition) is 3. The van der Waals surface area contributed by atoms with Crippen LogP contribution in [0.2, 0.25) is 0 Å². The number of nitrogens with two attached hydrogens (primary N) is 1. The molecule has 0 bridgehead atoms. The fourth-order valence-corrected chi connectivity index (χ4v) is 5.87. The minimum Gasteiger partial charge on any atom is -0.330 e. The fourth-order valence-electron chi connectivity index (χ4n) is 5.24. The highest BCUT2D eigenvalue weighted by molar-refractivity contribution is 7.51. The predicted molar refractivity (Wildman–Crippen MR) is 160 cm³/mol. The second kappa shape index (κ2) is 29.7. The molecule has 0 aromatic rings. The Morgan fingerprint density at radius 2 is 0.500 bits per heavy atom. The van der Waals surface area contributed by atoms with Gasteiger partial charge in [-0.05, 0) is 19.4 Å². The molecule has 0 rings (SSSR count). The standard InChI is InChI=1S/C31H66NO3P/c32-30-28-26-24-22-20-18-16-14-12-10-8-6-4-2-1-3-5-7-9-11-13-15-17-19-21-23-25-27-29-31-36(33,34)35/h1-32H2,(H2,33,34,35). The maximum atomic E-state index is 10.8. The van der Waals surface area contributed by atoms with Crippen molar-refractivity contribution in [3.05, 3.63) is 0 Å². The molecule has 0 radical (unpaired) electrons. The molecule has 0 fully saturated rings. The van der Waals surface area contributed by atoms with Crippen LogP contribution >= 0.6 is 7.60 Å². The largest absolute Gasteiger partial charge is 0.330 e. The van der Waals surface area contributed by atoms with Crippen molar-refractivity contribution in [3.63, 3.8) is 0 Å². The van der Waals surface area contributed by atoms with Gasteiger partial charge in [-0.15, -0.1) is 0 Å². The quantitative estimate of drug-likeness (QED) is 0.0613. The van der Waals surface area contributed by atoms with E-state index in [0.29, 0.717) is 6.42 Å². The number of rotatable bonds is 31. The normalized spacial score (nSPS) is 12.0.